The smallest absolute Gasteiger partial charge is 0.191 e. The Morgan fingerprint density at radius 1 is 1.09 bits per heavy atom. The maximum atomic E-state index is 13.6. The number of benzene rings is 1. The lowest BCUT2D eigenvalue weighted by Gasteiger charge is -2.56. The summed E-state index contributed by atoms with van der Waals surface area (Å²) in [6, 6.07) is 8.42. The average Bonchev–Trinajstić information content (AvgIpc) is 3.28. The van der Waals surface area contributed by atoms with Crippen LogP contribution < -0.4 is 10.1 Å². The van der Waals surface area contributed by atoms with Crippen molar-refractivity contribution in [1.82, 2.24) is 14.8 Å². The van der Waals surface area contributed by atoms with Gasteiger partial charge in [-0.05, 0) is 81.3 Å². The number of carbonyl (C=O) groups excluding carboxylic acids is 1. The van der Waals surface area contributed by atoms with Crippen LogP contribution in [0.15, 0.2) is 29.4 Å². The van der Waals surface area contributed by atoms with E-state index in [2.05, 4.69) is 20.1 Å². The van der Waals surface area contributed by atoms with E-state index in [1.165, 1.54) is 51.4 Å². The Morgan fingerprint density at radius 3 is 2.49 bits per heavy atom. The summed E-state index contributed by atoms with van der Waals surface area (Å²) in [5.41, 5.74) is 0.975. The number of Topliss-reactive ketones (excluding diaryl/α,β-unsaturated/α-hetero) is 1. The molecule has 0 radical (unpaired) electrons. The molecule has 7 heteroatoms. The number of hydrogen-bond acceptors (Lipinski definition) is 6. The number of nitrogens with zero attached hydrogens (tertiary/aromatic N) is 3. The molecule has 5 aliphatic carbocycles. The molecule has 6 nitrogen and oxygen atoms in total. The van der Waals surface area contributed by atoms with E-state index in [0.717, 1.165) is 59.4 Å². The molecule has 0 unspecified atom stereocenters. The van der Waals surface area contributed by atoms with Gasteiger partial charge in [-0.3, -0.25) is 4.79 Å². The standard InChI is InChI=1S/C28H38N4O2S/c1-34-24-9-5-6-22(13-24)29-17-26-30-31-27(32(26)23-7-3-2-4-8-23)35-18-25(33)28-14-19-10-20(15-28)12-21(11-19)16-28/h5-6,9,13,19-21,23,29H,2-4,7-8,10-12,14-18H2,1H3. The van der Waals surface area contributed by atoms with Gasteiger partial charge in [-0.1, -0.05) is 37.1 Å². The molecule has 0 saturated heterocycles. The van der Waals surface area contributed by atoms with Crippen molar-refractivity contribution in [3.8, 4) is 5.75 Å². The first-order chi connectivity index (χ1) is 17.1. The molecule has 0 amide bonds. The van der Waals surface area contributed by atoms with Gasteiger partial charge in [0.2, 0.25) is 0 Å². The third-order valence-corrected chi connectivity index (χ3v) is 10.1. The van der Waals surface area contributed by atoms with E-state index in [1.807, 2.05) is 24.3 Å². The Labute approximate surface area is 213 Å². The van der Waals surface area contributed by atoms with Crippen LogP contribution in [0, 0.1) is 23.2 Å². The zero-order valence-electron chi connectivity index (χ0n) is 20.9. The zero-order chi connectivity index (χ0) is 23.8. The summed E-state index contributed by atoms with van der Waals surface area (Å²) in [5.74, 6) is 5.23. The summed E-state index contributed by atoms with van der Waals surface area (Å²) in [5, 5.41) is 13.7. The van der Waals surface area contributed by atoms with Gasteiger partial charge in [0.1, 0.15) is 11.5 Å². The molecule has 4 bridgehead atoms. The van der Waals surface area contributed by atoms with E-state index in [-0.39, 0.29) is 5.41 Å². The summed E-state index contributed by atoms with van der Waals surface area (Å²) in [7, 11) is 1.69. The predicted octanol–water partition coefficient (Wildman–Crippen LogP) is 6.28. The van der Waals surface area contributed by atoms with Crippen molar-refractivity contribution >= 4 is 23.2 Å². The van der Waals surface area contributed by atoms with Crippen LogP contribution in [0.1, 0.15) is 82.5 Å². The lowest BCUT2D eigenvalue weighted by Crippen LogP contribution is -2.50. The highest BCUT2D eigenvalue weighted by Gasteiger charge is 2.54. The molecule has 5 saturated carbocycles. The molecule has 0 atom stereocenters. The van der Waals surface area contributed by atoms with Crippen LogP contribution in [0.2, 0.25) is 0 Å². The van der Waals surface area contributed by atoms with Crippen LogP contribution in [0.3, 0.4) is 0 Å². The molecule has 5 aliphatic rings. The number of aromatic nitrogens is 3. The molecule has 2 aromatic rings. The molecule has 188 valence electrons. The first kappa shape index (κ1) is 23.4. The third-order valence-electron chi connectivity index (χ3n) is 9.16. The van der Waals surface area contributed by atoms with Gasteiger partial charge >= 0.3 is 0 Å². The molecule has 0 spiro atoms. The van der Waals surface area contributed by atoms with Crippen LogP contribution in [-0.2, 0) is 11.3 Å². The Kier molecular flexibility index (Phi) is 6.54. The Balaban J connectivity index is 1.17. The van der Waals surface area contributed by atoms with E-state index in [0.29, 0.717) is 24.1 Å². The molecule has 1 N–H and O–H groups in total. The summed E-state index contributed by atoms with van der Waals surface area (Å²) in [4.78, 5) is 13.6. The minimum Gasteiger partial charge on any atom is -0.497 e. The number of ketones is 1. The lowest BCUT2D eigenvalue weighted by atomic mass is 9.48. The topological polar surface area (TPSA) is 69.0 Å². The monoisotopic (exact) mass is 494 g/mol. The Bertz CT molecular complexity index is 1030. The van der Waals surface area contributed by atoms with Gasteiger partial charge in [0, 0.05) is 23.2 Å². The van der Waals surface area contributed by atoms with E-state index in [9.17, 15) is 4.79 Å². The van der Waals surface area contributed by atoms with Gasteiger partial charge in [-0.2, -0.15) is 0 Å². The predicted molar refractivity (Wildman–Crippen MR) is 139 cm³/mol. The summed E-state index contributed by atoms with van der Waals surface area (Å²) in [6.07, 6.45) is 13.7. The number of hydrogen-bond donors (Lipinski definition) is 1. The molecule has 7 rings (SSSR count). The van der Waals surface area contributed by atoms with Gasteiger partial charge in [0.15, 0.2) is 11.0 Å². The normalized spacial score (nSPS) is 29.9. The quantitative estimate of drug-likeness (QED) is 0.414. The van der Waals surface area contributed by atoms with E-state index in [4.69, 9.17) is 4.74 Å². The number of anilines is 1. The van der Waals surface area contributed by atoms with Crippen LogP contribution in [0.5, 0.6) is 5.75 Å². The molecular formula is C28H38N4O2S. The maximum absolute atomic E-state index is 13.6. The summed E-state index contributed by atoms with van der Waals surface area (Å²) < 4.78 is 7.71. The maximum Gasteiger partial charge on any atom is 0.191 e. The molecule has 1 heterocycles. The average molecular weight is 495 g/mol. The second kappa shape index (κ2) is 9.79. The highest BCUT2D eigenvalue weighted by atomic mass is 32.2. The summed E-state index contributed by atoms with van der Waals surface area (Å²) >= 11 is 1.64. The van der Waals surface area contributed by atoms with Crippen LogP contribution >= 0.6 is 11.8 Å². The molecule has 5 fully saturated rings. The van der Waals surface area contributed by atoms with Crippen molar-refractivity contribution in [2.24, 2.45) is 23.2 Å². The lowest BCUT2D eigenvalue weighted by molar-refractivity contribution is -0.141. The largest absolute Gasteiger partial charge is 0.497 e. The fourth-order valence-electron chi connectivity index (χ4n) is 7.88. The van der Waals surface area contributed by atoms with Crippen molar-refractivity contribution in [3.63, 3.8) is 0 Å². The number of carbonyl (C=O) groups is 1. The van der Waals surface area contributed by atoms with Crippen LogP contribution in [-0.4, -0.2) is 33.4 Å². The van der Waals surface area contributed by atoms with E-state index in [1.54, 1.807) is 18.9 Å². The fourth-order valence-corrected chi connectivity index (χ4v) is 8.94. The van der Waals surface area contributed by atoms with Gasteiger partial charge in [-0.25, -0.2) is 0 Å². The number of methoxy groups -OCH3 is 1. The number of ether oxygens (including phenoxy) is 1. The second-order valence-corrected chi connectivity index (χ2v) is 12.5. The first-order valence-corrected chi connectivity index (χ1v) is 14.6. The molecule has 1 aromatic carbocycles. The fraction of sp³-hybridized carbons (Fsp3) is 0.679. The summed E-state index contributed by atoms with van der Waals surface area (Å²) in [6.45, 7) is 0.611. The van der Waals surface area contributed by atoms with Gasteiger partial charge in [0.25, 0.3) is 0 Å². The zero-order valence-corrected chi connectivity index (χ0v) is 21.7. The minimum atomic E-state index is -0.0335. The molecule has 35 heavy (non-hydrogen) atoms. The van der Waals surface area contributed by atoms with Crippen molar-refractivity contribution in [2.75, 3.05) is 18.2 Å². The second-order valence-electron chi connectivity index (χ2n) is 11.6. The van der Waals surface area contributed by atoms with E-state index >= 15 is 0 Å². The SMILES string of the molecule is COc1cccc(NCc2nnc(SCC(=O)C34CC5CC(CC(C5)C3)C4)n2C2CCCCC2)c1. The molecular weight excluding hydrogens is 456 g/mol. The first-order valence-electron chi connectivity index (χ1n) is 13.6. The minimum absolute atomic E-state index is 0.0335. The van der Waals surface area contributed by atoms with Gasteiger partial charge in [0.05, 0.1) is 19.4 Å². The Hall–Kier alpha value is -2.02. The van der Waals surface area contributed by atoms with Gasteiger partial charge < -0.3 is 14.6 Å². The van der Waals surface area contributed by atoms with Crippen molar-refractivity contribution in [3.05, 3.63) is 30.1 Å². The number of thioether (sulfide) groups is 1. The highest BCUT2D eigenvalue weighted by Crippen LogP contribution is 2.60. The number of nitrogens with one attached hydrogen (secondary N) is 1. The Morgan fingerprint density at radius 2 is 1.80 bits per heavy atom. The van der Waals surface area contributed by atoms with Crippen molar-refractivity contribution in [2.45, 2.75) is 88.4 Å². The highest BCUT2D eigenvalue weighted by molar-refractivity contribution is 7.99. The van der Waals surface area contributed by atoms with Crippen molar-refractivity contribution in [1.29, 1.82) is 0 Å². The van der Waals surface area contributed by atoms with E-state index < -0.39 is 0 Å². The molecule has 1 aromatic heterocycles. The van der Waals surface area contributed by atoms with Gasteiger partial charge in [-0.15, -0.1) is 10.2 Å². The number of rotatable bonds is 9. The third kappa shape index (κ3) is 4.73. The molecule has 0 aliphatic heterocycles. The van der Waals surface area contributed by atoms with Crippen LogP contribution in [0.25, 0.3) is 0 Å². The van der Waals surface area contributed by atoms with Crippen molar-refractivity contribution < 1.29 is 9.53 Å². The van der Waals surface area contributed by atoms with Crippen LogP contribution in [0.4, 0.5) is 5.69 Å².